The zero-order chi connectivity index (χ0) is 19.1. The first-order valence-corrected chi connectivity index (χ1v) is 9.84. The van der Waals surface area contributed by atoms with E-state index in [4.69, 9.17) is 16.3 Å². The van der Waals surface area contributed by atoms with Gasteiger partial charge in [-0.15, -0.1) is 0 Å². The molecule has 5 atom stereocenters. The Morgan fingerprint density at radius 3 is 2.31 bits per heavy atom. The number of ether oxygens (including phenoxy) is 1. The van der Waals surface area contributed by atoms with Gasteiger partial charge in [0.25, 0.3) is 0 Å². The Morgan fingerprint density at radius 2 is 1.65 bits per heavy atom. The van der Waals surface area contributed by atoms with Gasteiger partial charge in [0.05, 0.1) is 6.10 Å². The maximum Gasteiger partial charge on any atom is 0.195 e. The van der Waals surface area contributed by atoms with Crippen LogP contribution in [0.15, 0.2) is 42.5 Å². The molecule has 2 aromatic carbocycles. The van der Waals surface area contributed by atoms with E-state index in [1.54, 1.807) is 0 Å². The lowest BCUT2D eigenvalue weighted by Gasteiger charge is -2.48. The fourth-order valence-corrected chi connectivity index (χ4v) is 4.11. The predicted molar refractivity (Wildman–Crippen MR) is 107 cm³/mol. The number of aryl methyl sites for hydroxylation is 1. The van der Waals surface area contributed by atoms with Crippen LogP contribution in [0.4, 0.5) is 0 Å². The van der Waals surface area contributed by atoms with Crippen molar-refractivity contribution in [3.63, 3.8) is 0 Å². The van der Waals surface area contributed by atoms with E-state index in [2.05, 4.69) is 52.0 Å². The summed E-state index contributed by atoms with van der Waals surface area (Å²) < 4.78 is 6.13. The zero-order valence-corrected chi connectivity index (χ0v) is 17.0. The summed E-state index contributed by atoms with van der Waals surface area (Å²) in [4.78, 5) is 0. The van der Waals surface area contributed by atoms with Crippen LogP contribution in [0.1, 0.15) is 49.9 Å². The van der Waals surface area contributed by atoms with Crippen LogP contribution >= 0.6 is 11.6 Å². The van der Waals surface area contributed by atoms with E-state index in [0.29, 0.717) is 11.8 Å². The van der Waals surface area contributed by atoms with Crippen molar-refractivity contribution >= 4 is 11.6 Å². The van der Waals surface area contributed by atoms with Gasteiger partial charge in [-0.2, -0.15) is 0 Å². The van der Waals surface area contributed by atoms with Crippen molar-refractivity contribution in [1.29, 1.82) is 0 Å². The quantitative estimate of drug-likeness (QED) is 0.747. The lowest BCUT2D eigenvalue weighted by atomic mass is 9.73. The summed E-state index contributed by atoms with van der Waals surface area (Å²) in [6.07, 6.45) is 0.737. The number of hydrogen-bond acceptors (Lipinski definition) is 2. The van der Waals surface area contributed by atoms with E-state index in [0.717, 1.165) is 22.6 Å². The first-order valence-electron chi connectivity index (χ1n) is 9.47. The zero-order valence-electron chi connectivity index (χ0n) is 16.3. The van der Waals surface area contributed by atoms with Crippen molar-refractivity contribution in [2.24, 2.45) is 17.8 Å². The van der Waals surface area contributed by atoms with Gasteiger partial charge in [-0.25, -0.2) is 0 Å². The molecule has 1 N–H and O–H groups in total. The predicted octanol–water partition coefficient (Wildman–Crippen LogP) is 5.71. The lowest BCUT2D eigenvalue weighted by Crippen LogP contribution is -2.51. The highest BCUT2D eigenvalue weighted by Gasteiger charge is 2.48. The van der Waals surface area contributed by atoms with Crippen LogP contribution in [0, 0.1) is 24.7 Å². The molecule has 26 heavy (non-hydrogen) atoms. The van der Waals surface area contributed by atoms with E-state index in [-0.39, 0.29) is 12.0 Å². The summed E-state index contributed by atoms with van der Waals surface area (Å²) in [6.45, 7) is 10.6. The molecule has 0 spiro atoms. The second kappa shape index (κ2) is 7.34. The average molecular weight is 373 g/mol. The second-order valence-electron chi connectivity index (χ2n) is 7.99. The van der Waals surface area contributed by atoms with Crippen LogP contribution in [0.5, 0.6) is 0 Å². The molecule has 0 saturated carbocycles. The van der Waals surface area contributed by atoms with Gasteiger partial charge in [0, 0.05) is 16.5 Å². The van der Waals surface area contributed by atoms with E-state index >= 15 is 0 Å². The number of aliphatic hydroxyl groups is 1. The van der Waals surface area contributed by atoms with Gasteiger partial charge in [-0.3, -0.25) is 0 Å². The fraction of sp³-hybridized carbons (Fsp3) is 0.478. The number of hydrogen-bond donors (Lipinski definition) is 1. The molecule has 1 fully saturated rings. The van der Waals surface area contributed by atoms with Gasteiger partial charge in [0.1, 0.15) is 0 Å². The van der Waals surface area contributed by atoms with Crippen LogP contribution in [-0.4, -0.2) is 11.2 Å². The summed E-state index contributed by atoms with van der Waals surface area (Å²) in [7, 11) is 0. The largest absolute Gasteiger partial charge is 0.362 e. The Hall–Kier alpha value is -1.35. The van der Waals surface area contributed by atoms with E-state index in [1.807, 2.05) is 25.1 Å². The molecule has 0 aromatic heterocycles. The summed E-state index contributed by atoms with van der Waals surface area (Å²) in [5.74, 6) is -0.510. The van der Waals surface area contributed by atoms with Gasteiger partial charge in [-0.05, 0) is 55.4 Å². The van der Waals surface area contributed by atoms with Gasteiger partial charge in [-0.1, -0.05) is 68.3 Å². The summed E-state index contributed by atoms with van der Waals surface area (Å²) in [6, 6.07) is 14.2. The van der Waals surface area contributed by atoms with E-state index < -0.39 is 5.79 Å². The Kier molecular flexibility index (Phi) is 5.48. The van der Waals surface area contributed by atoms with E-state index in [1.165, 1.54) is 11.1 Å². The maximum absolute atomic E-state index is 11.4. The minimum absolute atomic E-state index is 0.00194. The molecule has 1 aliphatic heterocycles. The molecular formula is C23H29ClO2. The van der Waals surface area contributed by atoms with Crippen molar-refractivity contribution in [3.8, 4) is 0 Å². The van der Waals surface area contributed by atoms with Crippen molar-refractivity contribution in [3.05, 3.63) is 69.7 Å². The van der Waals surface area contributed by atoms with Gasteiger partial charge < -0.3 is 9.84 Å². The molecule has 140 valence electrons. The minimum Gasteiger partial charge on any atom is -0.362 e. The highest BCUT2D eigenvalue weighted by atomic mass is 35.5. The topological polar surface area (TPSA) is 29.5 Å². The van der Waals surface area contributed by atoms with Crippen LogP contribution in [0.25, 0.3) is 0 Å². The minimum atomic E-state index is -1.28. The highest BCUT2D eigenvalue weighted by molar-refractivity contribution is 6.31. The van der Waals surface area contributed by atoms with Crippen molar-refractivity contribution in [1.82, 2.24) is 0 Å². The molecule has 0 aliphatic carbocycles. The van der Waals surface area contributed by atoms with Crippen molar-refractivity contribution in [2.45, 2.75) is 52.9 Å². The normalized spacial score (nSPS) is 31.8. The third-order valence-corrected chi connectivity index (χ3v) is 6.68. The maximum atomic E-state index is 11.4. The van der Waals surface area contributed by atoms with Crippen LogP contribution in [0.3, 0.4) is 0 Å². The first kappa shape index (κ1) is 19.4. The third-order valence-electron chi connectivity index (χ3n) is 6.32. The third kappa shape index (κ3) is 3.55. The smallest absolute Gasteiger partial charge is 0.195 e. The highest BCUT2D eigenvalue weighted by Crippen LogP contribution is 2.46. The molecule has 0 amide bonds. The molecule has 1 saturated heterocycles. The van der Waals surface area contributed by atoms with E-state index in [9.17, 15) is 5.11 Å². The van der Waals surface area contributed by atoms with Crippen molar-refractivity contribution in [2.75, 3.05) is 0 Å². The number of halogens is 1. The SMILES string of the molecule is Cc1ccc(Cc2cc(C3(O)OC(C)C(C)C(C)C3C)ccc2Cl)cc1. The molecular weight excluding hydrogens is 344 g/mol. The Morgan fingerprint density at radius 1 is 1.00 bits per heavy atom. The van der Waals surface area contributed by atoms with Crippen LogP contribution in [0.2, 0.25) is 5.02 Å². The molecule has 0 bridgehead atoms. The van der Waals surface area contributed by atoms with Gasteiger partial charge >= 0.3 is 0 Å². The standard InChI is InChI=1S/C23H29ClO2/c1-14-6-8-19(9-7-14)12-20-13-21(10-11-22(20)24)23(25)17(4)15(2)16(3)18(5)26-23/h6-11,13,15-18,25H,12H2,1-5H3. The van der Waals surface area contributed by atoms with Crippen LogP contribution in [-0.2, 0) is 16.9 Å². The van der Waals surface area contributed by atoms with Gasteiger partial charge in [0.15, 0.2) is 5.79 Å². The second-order valence-corrected chi connectivity index (χ2v) is 8.40. The lowest BCUT2D eigenvalue weighted by molar-refractivity contribution is -0.312. The number of rotatable bonds is 3. The monoisotopic (exact) mass is 372 g/mol. The summed E-state index contributed by atoms with van der Waals surface area (Å²) >= 11 is 6.46. The molecule has 1 aliphatic rings. The molecule has 3 heteroatoms. The molecule has 3 rings (SSSR count). The Labute approximate surface area is 162 Å². The summed E-state index contributed by atoms with van der Waals surface area (Å²) in [5, 5.41) is 12.1. The molecule has 0 radical (unpaired) electrons. The average Bonchev–Trinajstić information content (AvgIpc) is 2.62. The fourth-order valence-electron chi connectivity index (χ4n) is 3.93. The Balaban J connectivity index is 1.94. The Bertz CT molecular complexity index is 770. The van der Waals surface area contributed by atoms with Crippen molar-refractivity contribution < 1.29 is 9.84 Å². The van der Waals surface area contributed by atoms with Crippen LogP contribution < -0.4 is 0 Å². The number of benzene rings is 2. The molecule has 1 heterocycles. The molecule has 2 nitrogen and oxygen atoms in total. The molecule has 2 aromatic rings. The summed E-state index contributed by atoms with van der Waals surface area (Å²) in [5.41, 5.74) is 4.25. The first-order chi connectivity index (χ1) is 12.2. The molecule has 5 unspecified atom stereocenters. The van der Waals surface area contributed by atoms with Gasteiger partial charge in [0.2, 0.25) is 0 Å².